The zero-order valence-corrected chi connectivity index (χ0v) is 44.1. The molecule has 0 aliphatic carbocycles. The van der Waals surface area contributed by atoms with Crippen LogP contribution in [0.1, 0.15) is 44.5 Å². The molecule has 0 unspecified atom stereocenters. The molecule has 0 saturated heterocycles. The van der Waals surface area contributed by atoms with E-state index in [-0.39, 0.29) is 0 Å². The van der Waals surface area contributed by atoms with Gasteiger partial charge in [0.25, 0.3) is 0 Å². The molecule has 0 heterocycles. The van der Waals surface area contributed by atoms with E-state index in [1.807, 2.05) is 0 Å². The average Bonchev–Trinajstić information content (AvgIpc) is 3.43. The van der Waals surface area contributed by atoms with Crippen LogP contribution < -0.4 is 0 Å². The average molecular weight is 953 g/mol. The van der Waals surface area contributed by atoms with Gasteiger partial charge in [-0.15, -0.1) is 0 Å². The van der Waals surface area contributed by atoms with Crippen LogP contribution in [0.3, 0.4) is 0 Å². The van der Waals surface area contributed by atoms with Gasteiger partial charge < -0.3 is 0 Å². The molecular weight excluding hydrogens is 889 g/mol. The van der Waals surface area contributed by atoms with E-state index in [2.05, 4.69) is 298 Å². The van der Waals surface area contributed by atoms with Gasteiger partial charge in [0.05, 0.1) is 0 Å². The largest absolute Gasteiger partial charge is 0.0622 e. The fourth-order valence-corrected chi connectivity index (χ4v) is 10.6. The van der Waals surface area contributed by atoms with Crippen molar-refractivity contribution in [3.05, 3.63) is 287 Å². The highest BCUT2D eigenvalue weighted by atomic mass is 14.2. The first-order valence-corrected chi connectivity index (χ1v) is 26.0. The first-order chi connectivity index (χ1) is 35.9. The van der Waals surface area contributed by atoms with E-state index in [9.17, 15) is 0 Å². The SMILES string of the molecule is Cc1cc(C)c(C)c(-c2cccc(-c3cc(-c4ccccc4)cc(-c4cccc(-c5cc(C)cc(C)c5C)c4)c3)c2)c1.Cc1cc(C)cc(-c2cccc(-c3cc(-c4ccccc4)cc(-c4ccccc4)c3)c2)c1. The molecule has 0 aromatic heterocycles. The number of rotatable bonds is 9. The van der Waals surface area contributed by atoms with Gasteiger partial charge in [-0.05, 0) is 232 Å². The molecule has 0 heteroatoms. The summed E-state index contributed by atoms with van der Waals surface area (Å²) in [5.41, 5.74) is 33.0. The highest BCUT2D eigenvalue weighted by Crippen LogP contribution is 2.39. The van der Waals surface area contributed by atoms with Gasteiger partial charge >= 0.3 is 0 Å². The Labute approximate surface area is 440 Å². The van der Waals surface area contributed by atoms with Crippen molar-refractivity contribution in [3.8, 4) is 100 Å². The third-order valence-electron chi connectivity index (χ3n) is 14.6. The molecule has 0 radical (unpaired) electrons. The Balaban J connectivity index is 0.000000175. The highest BCUT2D eigenvalue weighted by molar-refractivity contribution is 5.86. The van der Waals surface area contributed by atoms with Gasteiger partial charge in [0.1, 0.15) is 0 Å². The van der Waals surface area contributed by atoms with E-state index < -0.39 is 0 Å². The Morgan fingerprint density at radius 3 is 0.716 bits per heavy atom. The second-order valence-electron chi connectivity index (χ2n) is 20.3. The number of benzene rings is 11. The lowest BCUT2D eigenvalue weighted by Gasteiger charge is -2.15. The Morgan fingerprint density at radius 1 is 0.162 bits per heavy atom. The molecule has 11 aromatic carbocycles. The minimum atomic E-state index is 1.23. The summed E-state index contributed by atoms with van der Waals surface area (Å²) in [5.74, 6) is 0. The Bertz CT molecular complexity index is 3580. The molecular formula is C74H64. The lowest BCUT2D eigenvalue weighted by molar-refractivity contribution is 1.30. The number of hydrogen-bond donors (Lipinski definition) is 0. The minimum absolute atomic E-state index is 1.23. The predicted octanol–water partition coefficient (Wildman–Crippen LogP) is 20.8. The molecule has 0 spiro atoms. The number of hydrogen-bond acceptors (Lipinski definition) is 0. The first kappa shape index (κ1) is 49.0. The van der Waals surface area contributed by atoms with Gasteiger partial charge in [-0.25, -0.2) is 0 Å². The lowest BCUT2D eigenvalue weighted by atomic mass is 9.89. The standard InChI is InChI=1S/C42H38.C32H26/c1-27-18-29(3)31(5)41(20-27)36-16-10-14-34(22-36)39-24-38(33-12-8-7-9-13-33)25-40(26-39)35-15-11-17-37(23-35)42-21-28(2)19-30(4)32(42)6;1-23-16-24(2)18-29(17-23)27-14-9-15-28(19-27)32-21-30(25-10-5-3-6-11-25)20-31(22-32)26-12-7-4-8-13-26/h7-26H,1-6H3;3-22H,1-2H3. The molecule has 11 rings (SSSR count). The lowest BCUT2D eigenvalue weighted by Crippen LogP contribution is -1.91. The Hall–Kier alpha value is -8.58. The molecule has 0 bridgehead atoms. The van der Waals surface area contributed by atoms with Crippen LogP contribution in [0.25, 0.3) is 100 Å². The van der Waals surface area contributed by atoms with E-state index in [0.717, 1.165) is 0 Å². The summed E-state index contributed by atoms with van der Waals surface area (Å²) in [7, 11) is 0. The Kier molecular flexibility index (Phi) is 14.3. The van der Waals surface area contributed by atoms with Crippen LogP contribution in [0, 0.1) is 55.4 Å². The van der Waals surface area contributed by atoms with Crippen molar-refractivity contribution >= 4 is 0 Å². The van der Waals surface area contributed by atoms with Crippen molar-refractivity contribution in [3.63, 3.8) is 0 Å². The fraction of sp³-hybridized carbons (Fsp3) is 0.108. The van der Waals surface area contributed by atoms with E-state index in [4.69, 9.17) is 0 Å². The van der Waals surface area contributed by atoms with Crippen molar-refractivity contribution < 1.29 is 0 Å². The zero-order valence-electron chi connectivity index (χ0n) is 44.1. The van der Waals surface area contributed by atoms with E-state index in [1.165, 1.54) is 145 Å². The van der Waals surface area contributed by atoms with Crippen LogP contribution >= 0.6 is 0 Å². The fourth-order valence-electron chi connectivity index (χ4n) is 10.6. The summed E-state index contributed by atoms with van der Waals surface area (Å²) in [6.45, 7) is 17.6. The van der Waals surface area contributed by atoms with Crippen molar-refractivity contribution in [2.75, 3.05) is 0 Å². The number of aryl methyl sites for hydroxylation is 6. The normalized spacial score (nSPS) is 11.0. The second-order valence-corrected chi connectivity index (χ2v) is 20.3. The molecule has 0 amide bonds. The second kappa shape index (κ2) is 21.6. The van der Waals surface area contributed by atoms with Crippen LogP contribution in [0.2, 0.25) is 0 Å². The van der Waals surface area contributed by atoms with Gasteiger partial charge in [-0.3, -0.25) is 0 Å². The van der Waals surface area contributed by atoms with Crippen molar-refractivity contribution in [2.24, 2.45) is 0 Å². The molecule has 0 nitrogen and oxygen atoms in total. The molecule has 11 aromatic rings. The predicted molar refractivity (Wildman–Crippen MR) is 320 cm³/mol. The van der Waals surface area contributed by atoms with Gasteiger partial charge in [0.2, 0.25) is 0 Å². The quantitative estimate of drug-likeness (QED) is 0.135. The summed E-state index contributed by atoms with van der Waals surface area (Å²) >= 11 is 0. The maximum absolute atomic E-state index is 2.35. The van der Waals surface area contributed by atoms with Crippen LogP contribution in [0.4, 0.5) is 0 Å². The topological polar surface area (TPSA) is 0 Å². The summed E-state index contributed by atoms with van der Waals surface area (Å²) in [6.07, 6.45) is 0. The molecule has 74 heavy (non-hydrogen) atoms. The van der Waals surface area contributed by atoms with Crippen molar-refractivity contribution in [2.45, 2.75) is 55.4 Å². The molecule has 0 atom stereocenters. The summed E-state index contributed by atoms with van der Waals surface area (Å²) in [4.78, 5) is 0. The highest BCUT2D eigenvalue weighted by Gasteiger charge is 2.14. The van der Waals surface area contributed by atoms with E-state index >= 15 is 0 Å². The smallest absolute Gasteiger partial charge is 0.0149 e. The molecule has 0 saturated carbocycles. The minimum Gasteiger partial charge on any atom is -0.0622 e. The molecule has 360 valence electrons. The van der Waals surface area contributed by atoms with Gasteiger partial charge in [0.15, 0.2) is 0 Å². The van der Waals surface area contributed by atoms with E-state index in [0.29, 0.717) is 0 Å². The monoisotopic (exact) mass is 953 g/mol. The van der Waals surface area contributed by atoms with Gasteiger partial charge in [-0.2, -0.15) is 0 Å². The summed E-state index contributed by atoms with van der Waals surface area (Å²) in [6, 6.07) is 88.8. The molecule has 0 fully saturated rings. The van der Waals surface area contributed by atoms with Crippen molar-refractivity contribution in [1.29, 1.82) is 0 Å². The third kappa shape index (κ3) is 11.1. The summed E-state index contributed by atoms with van der Waals surface area (Å²) < 4.78 is 0. The van der Waals surface area contributed by atoms with Crippen LogP contribution in [-0.2, 0) is 0 Å². The maximum Gasteiger partial charge on any atom is -0.0149 e. The van der Waals surface area contributed by atoms with Gasteiger partial charge in [0, 0.05) is 0 Å². The first-order valence-electron chi connectivity index (χ1n) is 26.0. The molecule has 0 aliphatic rings. The Morgan fingerprint density at radius 2 is 0.392 bits per heavy atom. The zero-order chi connectivity index (χ0) is 51.3. The maximum atomic E-state index is 2.35. The molecule has 0 N–H and O–H groups in total. The van der Waals surface area contributed by atoms with Crippen LogP contribution in [0.5, 0.6) is 0 Å². The summed E-state index contributed by atoms with van der Waals surface area (Å²) in [5, 5.41) is 0. The third-order valence-corrected chi connectivity index (χ3v) is 14.6. The molecule has 0 aliphatic heterocycles. The van der Waals surface area contributed by atoms with Gasteiger partial charge in [-0.1, -0.05) is 210 Å². The van der Waals surface area contributed by atoms with Crippen LogP contribution in [-0.4, -0.2) is 0 Å². The van der Waals surface area contributed by atoms with E-state index in [1.54, 1.807) is 0 Å². The van der Waals surface area contributed by atoms with Crippen LogP contribution in [0.15, 0.2) is 243 Å². The van der Waals surface area contributed by atoms with Crippen molar-refractivity contribution in [1.82, 2.24) is 0 Å².